The van der Waals surface area contributed by atoms with Gasteiger partial charge in [-0.25, -0.2) is 4.79 Å². The number of carbonyl (C=O) groups excluding carboxylic acids is 2. The van der Waals surface area contributed by atoms with Gasteiger partial charge in [0, 0.05) is 23.0 Å². The zero-order valence-electron chi connectivity index (χ0n) is 20.1. The van der Waals surface area contributed by atoms with E-state index in [1.165, 1.54) is 43.2 Å². The van der Waals surface area contributed by atoms with Crippen LogP contribution in [0.1, 0.15) is 81.8 Å². The molecule has 0 N–H and O–H groups in total. The van der Waals surface area contributed by atoms with Gasteiger partial charge in [0.05, 0.1) is 13.0 Å². The summed E-state index contributed by atoms with van der Waals surface area (Å²) in [5.74, 6) is 3.02. The minimum Gasteiger partial charge on any atom is -0.466 e. The van der Waals surface area contributed by atoms with Crippen LogP contribution in [0.4, 0.5) is 4.79 Å². The average molecular weight is 531 g/mol. The summed E-state index contributed by atoms with van der Waals surface area (Å²) in [6, 6.07) is 6.35. The first-order valence-electron chi connectivity index (χ1n) is 13.4. The van der Waals surface area contributed by atoms with E-state index in [-0.39, 0.29) is 29.5 Å². The maximum Gasteiger partial charge on any atom is 0.410 e. The zero-order chi connectivity index (χ0) is 23.4. The number of hydrogen-bond donors (Lipinski definition) is 0. The molecular formula is C28H36BrNO4. The van der Waals surface area contributed by atoms with Gasteiger partial charge in [-0.2, -0.15) is 0 Å². The van der Waals surface area contributed by atoms with E-state index in [0.29, 0.717) is 24.9 Å². The Hall–Kier alpha value is -1.56. The van der Waals surface area contributed by atoms with Gasteiger partial charge in [-0.05, 0) is 105 Å². The number of benzene rings is 1. The summed E-state index contributed by atoms with van der Waals surface area (Å²) in [5, 5.41) is 0. The molecule has 4 bridgehead atoms. The largest absolute Gasteiger partial charge is 0.466 e. The number of piperidine rings is 1. The Morgan fingerprint density at radius 2 is 1.74 bits per heavy atom. The predicted molar refractivity (Wildman–Crippen MR) is 133 cm³/mol. The van der Waals surface area contributed by atoms with E-state index in [1.807, 2.05) is 11.8 Å². The molecule has 184 valence electrons. The van der Waals surface area contributed by atoms with E-state index >= 15 is 0 Å². The van der Waals surface area contributed by atoms with Crippen molar-refractivity contribution in [1.82, 2.24) is 4.90 Å². The molecule has 6 aliphatic rings. The molecule has 4 saturated carbocycles. The van der Waals surface area contributed by atoms with E-state index < -0.39 is 0 Å². The second kappa shape index (κ2) is 8.83. The molecule has 1 unspecified atom stereocenters. The fourth-order valence-electron chi connectivity index (χ4n) is 8.56. The standard InChI is InChI=1S/C28H36BrNO4/c1-2-33-24(31)15-21-16-28(25-22(21)4-3-5-23(25)29)6-8-30(9-7-28)27(32)34-26-19-11-17-10-18(13-19)14-20(26)12-17/h3-5,17-21,26H,2,6-16H2,1H3. The van der Waals surface area contributed by atoms with Crippen LogP contribution in [0.15, 0.2) is 22.7 Å². The number of nitrogens with zero attached hydrogens (tertiary/aromatic N) is 1. The fraction of sp³-hybridized carbons (Fsp3) is 0.714. The van der Waals surface area contributed by atoms with Gasteiger partial charge in [0.2, 0.25) is 0 Å². The van der Waals surface area contributed by atoms with E-state index in [0.717, 1.165) is 48.7 Å². The summed E-state index contributed by atoms with van der Waals surface area (Å²) >= 11 is 3.81. The molecular weight excluding hydrogens is 494 g/mol. The van der Waals surface area contributed by atoms with E-state index in [2.05, 4.69) is 34.1 Å². The number of halogens is 1. The first-order chi connectivity index (χ1) is 16.5. The van der Waals surface area contributed by atoms with Crippen molar-refractivity contribution in [3.63, 3.8) is 0 Å². The van der Waals surface area contributed by atoms with Crippen LogP contribution in [-0.2, 0) is 19.7 Å². The van der Waals surface area contributed by atoms with Gasteiger partial charge in [0.1, 0.15) is 6.10 Å². The van der Waals surface area contributed by atoms with Crippen molar-refractivity contribution < 1.29 is 19.1 Å². The Bertz CT molecular complexity index is 941. The van der Waals surface area contributed by atoms with Crippen LogP contribution >= 0.6 is 15.9 Å². The highest BCUT2D eigenvalue weighted by Gasteiger charge is 2.51. The Kier molecular flexibility index (Phi) is 5.94. The summed E-state index contributed by atoms with van der Waals surface area (Å²) in [5.41, 5.74) is 2.62. The van der Waals surface area contributed by atoms with Gasteiger partial charge in [0.15, 0.2) is 0 Å². The Morgan fingerprint density at radius 1 is 1.06 bits per heavy atom. The monoisotopic (exact) mass is 529 g/mol. The maximum absolute atomic E-state index is 13.2. The van der Waals surface area contributed by atoms with Gasteiger partial charge >= 0.3 is 12.1 Å². The minimum atomic E-state index is -0.118. The van der Waals surface area contributed by atoms with Crippen LogP contribution in [0.5, 0.6) is 0 Å². The van der Waals surface area contributed by atoms with E-state index in [1.54, 1.807) is 0 Å². The summed E-state index contributed by atoms with van der Waals surface area (Å²) in [7, 11) is 0. The number of amides is 1. The lowest BCUT2D eigenvalue weighted by Crippen LogP contribution is -2.52. The molecule has 1 aromatic carbocycles. The molecule has 1 aliphatic heterocycles. The van der Waals surface area contributed by atoms with Crippen LogP contribution in [-0.4, -0.2) is 42.8 Å². The number of ether oxygens (including phenoxy) is 2. The van der Waals surface area contributed by atoms with Crippen LogP contribution < -0.4 is 0 Å². The van der Waals surface area contributed by atoms with Crippen molar-refractivity contribution >= 4 is 28.0 Å². The van der Waals surface area contributed by atoms with Crippen molar-refractivity contribution in [2.45, 2.75) is 82.1 Å². The normalized spacial score (nSPS) is 34.8. The van der Waals surface area contributed by atoms with Gasteiger partial charge in [-0.3, -0.25) is 4.79 Å². The van der Waals surface area contributed by atoms with Crippen LogP contribution in [0.25, 0.3) is 0 Å². The maximum atomic E-state index is 13.2. The average Bonchev–Trinajstić information content (AvgIpc) is 3.10. The molecule has 1 spiro atoms. The summed E-state index contributed by atoms with van der Waals surface area (Å²) in [6.07, 6.45) is 9.72. The fourth-order valence-corrected chi connectivity index (χ4v) is 9.36. The van der Waals surface area contributed by atoms with Gasteiger partial charge in [-0.1, -0.05) is 28.1 Å². The van der Waals surface area contributed by atoms with E-state index in [9.17, 15) is 9.59 Å². The lowest BCUT2D eigenvalue weighted by Gasteiger charge is -2.53. The molecule has 5 aliphatic carbocycles. The molecule has 7 rings (SSSR count). The Labute approximate surface area is 211 Å². The number of carbonyl (C=O) groups is 2. The quantitative estimate of drug-likeness (QED) is 0.436. The van der Waals surface area contributed by atoms with Crippen molar-refractivity contribution in [3.8, 4) is 0 Å². The number of hydrogen-bond acceptors (Lipinski definition) is 4. The number of fused-ring (bicyclic) bond motifs is 2. The van der Waals surface area contributed by atoms with E-state index in [4.69, 9.17) is 9.47 Å². The van der Waals surface area contributed by atoms with Crippen molar-refractivity contribution in [3.05, 3.63) is 33.8 Å². The van der Waals surface area contributed by atoms with Crippen molar-refractivity contribution in [1.29, 1.82) is 0 Å². The molecule has 1 amide bonds. The van der Waals surface area contributed by atoms with Crippen molar-refractivity contribution in [2.75, 3.05) is 19.7 Å². The highest BCUT2D eigenvalue weighted by Crippen LogP contribution is 2.56. The predicted octanol–water partition coefficient (Wildman–Crippen LogP) is 6.18. The first kappa shape index (κ1) is 22.9. The zero-order valence-corrected chi connectivity index (χ0v) is 21.7. The molecule has 6 heteroatoms. The molecule has 1 heterocycles. The Balaban J connectivity index is 1.13. The molecule has 5 fully saturated rings. The third-order valence-electron chi connectivity index (χ3n) is 9.73. The summed E-state index contributed by atoms with van der Waals surface area (Å²) in [4.78, 5) is 27.5. The van der Waals surface area contributed by atoms with Crippen LogP contribution in [0, 0.1) is 23.7 Å². The highest BCUT2D eigenvalue weighted by molar-refractivity contribution is 9.10. The van der Waals surface area contributed by atoms with Crippen LogP contribution in [0.3, 0.4) is 0 Å². The third-order valence-corrected chi connectivity index (χ3v) is 10.4. The lowest BCUT2D eigenvalue weighted by molar-refractivity contribution is -0.143. The Morgan fingerprint density at radius 3 is 2.38 bits per heavy atom. The van der Waals surface area contributed by atoms with Gasteiger partial charge in [-0.15, -0.1) is 0 Å². The molecule has 5 nitrogen and oxygen atoms in total. The molecule has 0 aromatic heterocycles. The van der Waals surface area contributed by atoms with Crippen LogP contribution in [0.2, 0.25) is 0 Å². The summed E-state index contributed by atoms with van der Waals surface area (Å²) in [6.45, 7) is 3.72. The van der Waals surface area contributed by atoms with Gasteiger partial charge in [0.25, 0.3) is 0 Å². The SMILES string of the molecule is CCOC(=O)CC1CC2(CCN(C(=O)OC3C4CC5CC(C4)CC3C5)CC2)c2c(Br)cccc21. The molecule has 34 heavy (non-hydrogen) atoms. The molecule has 0 radical (unpaired) electrons. The highest BCUT2D eigenvalue weighted by atomic mass is 79.9. The number of esters is 1. The van der Waals surface area contributed by atoms with Gasteiger partial charge < -0.3 is 14.4 Å². The topological polar surface area (TPSA) is 55.8 Å². The minimum absolute atomic E-state index is 0.00594. The third kappa shape index (κ3) is 3.88. The number of rotatable bonds is 4. The second-order valence-electron chi connectivity index (χ2n) is 11.7. The second-order valence-corrected chi connectivity index (χ2v) is 12.5. The smallest absolute Gasteiger partial charge is 0.410 e. The van der Waals surface area contributed by atoms with Crippen molar-refractivity contribution in [2.24, 2.45) is 23.7 Å². The lowest BCUT2D eigenvalue weighted by atomic mass is 9.55. The molecule has 1 atom stereocenters. The summed E-state index contributed by atoms with van der Waals surface area (Å²) < 4.78 is 12.6. The molecule has 1 aromatic rings. The first-order valence-corrected chi connectivity index (χ1v) is 14.1. The number of likely N-dealkylation sites (tertiary alicyclic amines) is 1. The molecule has 1 saturated heterocycles.